The van der Waals surface area contributed by atoms with Gasteiger partial charge in [0.15, 0.2) is 0 Å². The Bertz CT molecular complexity index is 1670. The predicted molar refractivity (Wildman–Crippen MR) is 140 cm³/mol. The summed E-state index contributed by atoms with van der Waals surface area (Å²) in [5.41, 5.74) is 1.96. The molecule has 0 aliphatic rings. The van der Waals surface area contributed by atoms with Gasteiger partial charge in [0.2, 0.25) is 11.9 Å². The van der Waals surface area contributed by atoms with Gasteiger partial charge in [-0.2, -0.15) is 0 Å². The Labute approximate surface area is 211 Å². The number of furan rings is 1. The van der Waals surface area contributed by atoms with Crippen LogP contribution in [-0.2, 0) is 9.53 Å². The van der Waals surface area contributed by atoms with Crippen molar-refractivity contribution in [2.24, 2.45) is 0 Å². The Morgan fingerprint density at radius 1 is 0.919 bits per heavy atom. The van der Waals surface area contributed by atoms with Crippen molar-refractivity contribution >= 4 is 45.0 Å². The highest BCUT2D eigenvalue weighted by molar-refractivity contribution is 6.08. The van der Waals surface area contributed by atoms with Crippen molar-refractivity contribution in [1.82, 2.24) is 0 Å². The minimum absolute atomic E-state index is 0.00367. The van der Waals surface area contributed by atoms with Crippen molar-refractivity contribution in [2.45, 2.75) is 20.0 Å². The maximum absolute atomic E-state index is 13.3. The van der Waals surface area contributed by atoms with Gasteiger partial charge in [0.1, 0.15) is 11.3 Å². The Morgan fingerprint density at radius 3 is 2.41 bits per heavy atom. The monoisotopic (exact) mass is 494 g/mol. The van der Waals surface area contributed by atoms with Crippen LogP contribution in [0.5, 0.6) is 0 Å². The minimum atomic E-state index is -1.38. The third kappa shape index (κ3) is 4.52. The van der Waals surface area contributed by atoms with Crippen LogP contribution in [0.25, 0.3) is 21.7 Å². The number of nitrogens with zero attached hydrogens (tertiary/aromatic N) is 1. The van der Waals surface area contributed by atoms with Crippen LogP contribution in [0.3, 0.4) is 0 Å². The molecule has 1 N–H and O–H groups in total. The summed E-state index contributed by atoms with van der Waals surface area (Å²) >= 11 is 0. The van der Waals surface area contributed by atoms with E-state index in [0.29, 0.717) is 22.3 Å². The number of rotatable bonds is 6. The second kappa shape index (κ2) is 9.58. The van der Waals surface area contributed by atoms with E-state index in [0.717, 1.165) is 16.2 Å². The molecule has 0 saturated heterocycles. The Hall–Kier alpha value is -4.98. The number of carbonyl (C=O) groups excluding carboxylic acids is 2. The van der Waals surface area contributed by atoms with E-state index in [1.807, 2.05) is 36.4 Å². The fourth-order valence-electron chi connectivity index (χ4n) is 4.30. The lowest BCUT2D eigenvalue weighted by Crippen LogP contribution is -2.26. The van der Waals surface area contributed by atoms with Gasteiger partial charge in [0, 0.05) is 28.0 Å². The number of amides is 1. The van der Waals surface area contributed by atoms with E-state index in [1.165, 1.54) is 12.1 Å². The maximum atomic E-state index is 13.3. The molecule has 0 fully saturated rings. The van der Waals surface area contributed by atoms with Crippen LogP contribution in [-0.4, -0.2) is 16.8 Å². The fourth-order valence-corrected chi connectivity index (χ4v) is 4.30. The summed E-state index contributed by atoms with van der Waals surface area (Å²) in [6.07, 6.45) is -1.38. The number of nitrogens with one attached hydrogen (secondary N) is 1. The zero-order valence-corrected chi connectivity index (χ0v) is 20.1. The lowest BCUT2D eigenvalue weighted by Gasteiger charge is -2.18. The SMILES string of the molecule is Cc1ccc(NC(=O)[C@H](OC(=O)c2oc3c(ccc4ccccc43)c2C)c2ccccc2)c([N+](=O)[O-])c1. The molecule has 0 saturated carbocycles. The van der Waals surface area contributed by atoms with Gasteiger partial charge in [0.25, 0.3) is 11.6 Å². The highest BCUT2D eigenvalue weighted by Crippen LogP contribution is 2.33. The number of benzene rings is 4. The Kier molecular flexibility index (Phi) is 6.15. The van der Waals surface area contributed by atoms with Crippen LogP contribution in [0.4, 0.5) is 11.4 Å². The lowest BCUT2D eigenvalue weighted by atomic mass is 10.1. The molecule has 5 aromatic rings. The quantitative estimate of drug-likeness (QED) is 0.161. The van der Waals surface area contributed by atoms with Crippen molar-refractivity contribution in [3.8, 4) is 0 Å². The molecule has 1 atom stereocenters. The summed E-state index contributed by atoms with van der Waals surface area (Å²) in [4.78, 5) is 37.6. The van der Waals surface area contributed by atoms with Gasteiger partial charge >= 0.3 is 5.97 Å². The van der Waals surface area contributed by atoms with Crippen LogP contribution in [0.2, 0.25) is 0 Å². The van der Waals surface area contributed by atoms with Crippen LogP contribution in [0.15, 0.2) is 89.3 Å². The molecule has 8 nitrogen and oxygen atoms in total. The van der Waals surface area contributed by atoms with Gasteiger partial charge in [-0.25, -0.2) is 4.79 Å². The van der Waals surface area contributed by atoms with Crippen molar-refractivity contribution in [1.29, 1.82) is 0 Å². The first kappa shape index (κ1) is 23.7. The number of aryl methyl sites for hydroxylation is 2. The number of nitro groups is 1. The van der Waals surface area contributed by atoms with Crippen molar-refractivity contribution in [2.75, 3.05) is 5.32 Å². The molecule has 0 spiro atoms. The van der Waals surface area contributed by atoms with Gasteiger partial charge in [0.05, 0.1) is 4.92 Å². The predicted octanol–water partition coefficient (Wildman–Crippen LogP) is 6.65. The van der Waals surface area contributed by atoms with Gasteiger partial charge in [-0.1, -0.05) is 72.8 Å². The molecular formula is C29H22N2O6. The molecule has 0 bridgehead atoms. The van der Waals surface area contributed by atoms with E-state index in [9.17, 15) is 19.7 Å². The van der Waals surface area contributed by atoms with E-state index in [4.69, 9.17) is 9.15 Å². The van der Waals surface area contributed by atoms with E-state index >= 15 is 0 Å². The number of hydrogen-bond acceptors (Lipinski definition) is 6. The summed E-state index contributed by atoms with van der Waals surface area (Å²) < 4.78 is 11.7. The first-order chi connectivity index (χ1) is 17.8. The van der Waals surface area contributed by atoms with Gasteiger partial charge in [-0.3, -0.25) is 14.9 Å². The van der Waals surface area contributed by atoms with Gasteiger partial charge in [-0.05, 0) is 30.9 Å². The molecule has 184 valence electrons. The van der Waals surface area contributed by atoms with Crippen LogP contribution < -0.4 is 5.32 Å². The molecule has 1 amide bonds. The number of carbonyl (C=O) groups is 2. The van der Waals surface area contributed by atoms with Crippen molar-refractivity contribution in [3.63, 3.8) is 0 Å². The summed E-state index contributed by atoms with van der Waals surface area (Å²) in [6.45, 7) is 3.47. The molecule has 1 aromatic heterocycles. The number of anilines is 1. The Morgan fingerprint density at radius 2 is 1.65 bits per heavy atom. The lowest BCUT2D eigenvalue weighted by molar-refractivity contribution is -0.384. The largest absolute Gasteiger partial charge is 0.448 e. The number of hydrogen-bond donors (Lipinski definition) is 1. The zero-order valence-electron chi connectivity index (χ0n) is 20.1. The third-order valence-corrected chi connectivity index (χ3v) is 6.19. The molecule has 0 aliphatic carbocycles. The van der Waals surface area contributed by atoms with E-state index in [2.05, 4.69) is 5.32 Å². The highest BCUT2D eigenvalue weighted by atomic mass is 16.6. The zero-order chi connectivity index (χ0) is 26.1. The van der Waals surface area contributed by atoms with Gasteiger partial charge < -0.3 is 14.5 Å². The van der Waals surface area contributed by atoms with Crippen LogP contribution in [0, 0.1) is 24.0 Å². The summed E-state index contributed by atoms with van der Waals surface area (Å²) in [5.74, 6) is -1.56. The average Bonchev–Trinajstić information content (AvgIpc) is 3.25. The third-order valence-electron chi connectivity index (χ3n) is 6.19. The highest BCUT2D eigenvalue weighted by Gasteiger charge is 2.30. The first-order valence-corrected chi connectivity index (χ1v) is 11.6. The average molecular weight is 495 g/mol. The first-order valence-electron chi connectivity index (χ1n) is 11.6. The van der Waals surface area contributed by atoms with E-state index in [1.54, 1.807) is 50.2 Å². The summed E-state index contributed by atoms with van der Waals surface area (Å²) in [7, 11) is 0. The fraction of sp³-hybridized carbons (Fsp3) is 0.103. The molecule has 0 radical (unpaired) electrons. The van der Waals surface area contributed by atoms with Crippen molar-refractivity contribution < 1.29 is 23.7 Å². The molecule has 37 heavy (non-hydrogen) atoms. The topological polar surface area (TPSA) is 112 Å². The molecule has 8 heteroatoms. The van der Waals surface area contributed by atoms with Crippen LogP contribution >= 0.6 is 0 Å². The number of fused-ring (bicyclic) bond motifs is 3. The smallest absolute Gasteiger partial charge is 0.375 e. The molecular weight excluding hydrogens is 472 g/mol. The second-order valence-electron chi connectivity index (χ2n) is 8.68. The normalized spacial score (nSPS) is 11.8. The number of esters is 1. The van der Waals surface area contributed by atoms with Crippen molar-refractivity contribution in [3.05, 3.63) is 117 Å². The maximum Gasteiger partial charge on any atom is 0.375 e. The number of ether oxygens (including phenoxy) is 1. The number of nitro benzene ring substituents is 1. The summed E-state index contributed by atoms with van der Waals surface area (Å²) in [5, 5.41) is 16.7. The molecule has 1 heterocycles. The molecule has 0 aliphatic heterocycles. The molecule has 4 aromatic carbocycles. The second-order valence-corrected chi connectivity index (χ2v) is 8.68. The standard InChI is InChI=1S/C29H22N2O6/c1-17-12-15-23(24(16-17)31(34)35)30-28(32)26(20-9-4-3-5-10-20)37-29(33)25-18(2)21-14-13-19-8-6-7-11-22(19)27(21)36-25/h3-16,26H,1-2H3,(H,30,32)/t26-/m1/s1. The molecule has 0 unspecified atom stereocenters. The molecule has 5 rings (SSSR count). The van der Waals surface area contributed by atoms with E-state index < -0.39 is 22.9 Å². The Balaban J connectivity index is 1.50. The van der Waals surface area contributed by atoms with Crippen LogP contribution in [0.1, 0.15) is 33.3 Å². The van der Waals surface area contributed by atoms with E-state index in [-0.39, 0.29) is 17.1 Å². The van der Waals surface area contributed by atoms with Gasteiger partial charge in [-0.15, -0.1) is 0 Å². The summed E-state index contributed by atoms with van der Waals surface area (Å²) in [6, 6.07) is 24.4. The minimum Gasteiger partial charge on any atom is -0.448 e.